The minimum Gasteiger partial charge on any atom is -0.465 e. The van der Waals surface area contributed by atoms with Crippen LogP contribution >= 0.6 is 0 Å². The van der Waals surface area contributed by atoms with Crippen LogP contribution in [0.4, 0.5) is 13.2 Å². The van der Waals surface area contributed by atoms with Crippen LogP contribution in [-0.4, -0.2) is 22.6 Å². The van der Waals surface area contributed by atoms with Gasteiger partial charge in [0.1, 0.15) is 5.52 Å². The van der Waals surface area contributed by atoms with Crippen LogP contribution in [0.2, 0.25) is 0 Å². The number of ether oxygens (including phenoxy) is 1. The molecule has 1 aromatic heterocycles. The van der Waals surface area contributed by atoms with Crippen molar-refractivity contribution in [3.05, 3.63) is 29.6 Å². The first-order valence-electron chi connectivity index (χ1n) is 4.97. The molecule has 0 saturated heterocycles. The first kappa shape index (κ1) is 12.4. The average molecular weight is 258 g/mol. The van der Waals surface area contributed by atoms with E-state index in [2.05, 4.69) is 9.72 Å². The van der Waals surface area contributed by atoms with Gasteiger partial charge in [0.25, 0.3) is 0 Å². The molecule has 0 unspecified atom stereocenters. The van der Waals surface area contributed by atoms with Gasteiger partial charge >= 0.3 is 12.1 Å². The summed E-state index contributed by atoms with van der Waals surface area (Å²) in [5.41, 5.74) is 0.227. The number of benzene rings is 1. The van der Waals surface area contributed by atoms with E-state index in [0.717, 1.165) is 11.7 Å². The topological polar surface area (TPSA) is 44.1 Å². The monoisotopic (exact) mass is 258 g/mol. The standard InChI is InChI=1S/C11H9F3N2O2/c1-16-7-5-3-4-6(9(17)18-2)8(7)15-10(16)11(12,13)14/h3-5H,1-2H3. The van der Waals surface area contributed by atoms with E-state index in [4.69, 9.17) is 0 Å². The molecule has 0 fully saturated rings. The van der Waals surface area contributed by atoms with Crippen LogP contribution in [0.3, 0.4) is 0 Å². The lowest BCUT2D eigenvalue weighted by Crippen LogP contribution is -2.12. The number of fused-ring (bicyclic) bond motifs is 1. The Morgan fingerprint density at radius 1 is 1.39 bits per heavy atom. The Balaban J connectivity index is 2.76. The van der Waals surface area contributed by atoms with Crippen LogP contribution in [0.25, 0.3) is 11.0 Å². The third-order valence-corrected chi connectivity index (χ3v) is 2.57. The van der Waals surface area contributed by atoms with Crippen LogP contribution in [-0.2, 0) is 18.0 Å². The second-order valence-electron chi connectivity index (χ2n) is 3.66. The second-order valence-corrected chi connectivity index (χ2v) is 3.66. The summed E-state index contributed by atoms with van der Waals surface area (Å²) in [7, 11) is 2.41. The summed E-state index contributed by atoms with van der Waals surface area (Å²) in [6.07, 6.45) is -4.57. The number of alkyl halides is 3. The molecule has 0 bridgehead atoms. The molecule has 2 rings (SSSR count). The van der Waals surface area contributed by atoms with Gasteiger partial charge in [-0.25, -0.2) is 9.78 Å². The highest BCUT2D eigenvalue weighted by molar-refractivity contribution is 6.02. The van der Waals surface area contributed by atoms with Crippen molar-refractivity contribution in [1.82, 2.24) is 9.55 Å². The van der Waals surface area contributed by atoms with Crippen molar-refractivity contribution in [2.45, 2.75) is 6.18 Å². The number of hydrogen-bond donors (Lipinski definition) is 0. The number of carbonyl (C=O) groups is 1. The van der Waals surface area contributed by atoms with Crippen molar-refractivity contribution in [2.24, 2.45) is 7.05 Å². The Morgan fingerprint density at radius 2 is 2.06 bits per heavy atom. The van der Waals surface area contributed by atoms with Gasteiger partial charge in [0.05, 0.1) is 18.2 Å². The number of methoxy groups -OCH3 is 1. The highest BCUT2D eigenvalue weighted by Gasteiger charge is 2.37. The molecule has 0 radical (unpaired) electrons. The van der Waals surface area contributed by atoms with Crippen molar-refractivity contribution < 1.29 is 22.7 Å². The molecule has 0 amide bonds. The molecule has 18 heavy (non-hydrogen) atoms. The molecular formula is C11H9F3N2O2. The second kappa shape index (κ2) is 4.01. The maximum absolute atomic E-state index is 12.7. The molecule has 0 atom stereocenters. The van der Waals surface area contributed by atoms with Crippen molar-refractivity contribution >= 4 is 17.0 Å². The minimum atomic E-state index is -4.57. The van der Waals surface area contributed by atoms with Gasteiger partial charge in [-0.15, -0.1) is 0 Å². The van der Waals surface area contributed by atoms with Crippen molar-refractivity contribution in [1.29, 1.82) is 0 Å². The zero-order valence-corrected chi connectivity index (χ0v) is 9.58. The lowest BCUT2D eigenvalue weighted by atomic mass is 10.2. The van der Waals surface area contributed by atoms with Gasteiger partial charge in [-0.3, -0.25) is 0 Å². The van der Waals surface area contributed by atoms with Gasteiger partial charge in [-0.1, -0.05) is 6.07 Å². The van der Waals surface area contributed by atoms with Gasteiger partial charge in [0.2, 0.25) is 5.82 Å². The summed E-state index contributed by atoms with van der Waals surface area (Å²) in [5, 5.41) is 0. The van der Waals surface area contributed by atoms with E-state index < -0.39 is 18.0 Å². The maximum Gasteiger partial charge on any atom is 0.449 e. The SMILES string of the molecule is COC(=O)c1cccc2c1nc(C(F)(F)F)n2C. The van der Waals surface area contributed by atoms with Crippen molar-refractivity contribution in [2.75, 3.05) is 7.11 Å². The van der Waals surface area contributed by atoms with Gasteiger partial charge in [0.15, 0.2) is 0 Å². The third kappa shape index (κ3) is 1.81. The molecule has 0 aliphatic rings. The number of esters is 1. The first-order chi connectivity index (χ1) is 8.36. The summed E-state index contributed by atoms with van der Waals surface area (Å²) in [4.78, 5) is 14.9. The predicted molar refractivity (Wildman–Crippen MR) is 57.1 cm³/mol. The smallest absolute Gasteiger partial charge is 0.449 e. The molecule has 4 nitrogen and oxygen atoms in total. The van der Waals surface area contributed by atoms with E-state index in [9.17, 15) is 18.0 Å². The molecule has 1 heterocycles. The Bertz CT molecular complexity index is 617. The Labute approximate surface area is 100.0 Å². The molecule has 0 N–H and O–H groups in total. The quantitative estimate of drug-likeness (QED) is 0.737. The molecule has 1 aromatic carbocycles. The van der Waals surface area contributed by atoms with Gasteiger partial charge in [-0.2, -0.15) is 13.2 Å². The Hall–Kier alpha value is -2.05. The van der Waals surface area contributed by atoms with Crippen LogP contribution in [0, 0.1) is 0 Å². The summed E-state index contributed by atoms with van der Waals surface area (Å²) in [5.74, 6) is -1.76. The van der Waals surface area contributed by atoms with E-state index in [1.807, 2.05) is 0 Å². The van der Waals surface area contributed by atoms with Crippen LogP contribution in [0.1, 0.15) is 16.2 Å². The maximum atomic E-state index is 12.7. The first-order valence-corrected chi connectivity index (χ1v) is 4.97. The highest BCUT2D eigenvalue weighted by atomic mass is 19.4. The molecule has 0 aliphatic carbocycles. The molecule has 0 aliphatic heterocycles. The van der Waals surface area contributed by atoms with E-state index in [0.29, 0.717) is 0 Å². The van der Waals surface area contributed by atoms with Gasteiger partial charge in [-0.05, 0) is 12.1 Å². The predicted octanol–water partition coefficient (Wildman–Crippen LogP) is 2.38. The van der Waals surface area contributed by atoms with E-state index in [-0.39, 0.29) is 16.6 Å². The Morgan fingerprint density at radius 3 is 2.61 bits per heavy atom. The number of halogens is 3. The number of rotatable bonds is 1. The zero-order valence-electron chi connectivity index (χ0n) is 9.58. The van der Waals surface area contributed by atoms with Crippen molar-refractivity contribution in [3.63, 3.8) is 0 Å². The largest absolute Gasteiger partial charge is 0.465 e. The fourth-order valence-corrected chi connectivity index (χ4v) is 1.74. The van der Waals surface area contributed by atoms with Gasteiger partial charge < -0.3 is 9.30 Å². The van der Waals surface area contributed by atoms with Crippen LogP contribution in [0.5, 0.6) is 0 Å². The highest BCUT2D eigenvalue weighted by Crippen LogP contribution is 2.31. The molecule has 7 heteroatoms. The van der Waals surface area contributed by atoms with E-state index in [1.165, 1.54) is 25.2 Å². The fourth-order valence-electron chi connectivity index (χ4n) is 1.74. The lowest BCUT2D eigenvalue weighted by molar-refractivity contribution is -0.146. The summed E-state index contributed by atoms with van der Waals surface area (Å²) in [6.45, 7) is 0. The number of aryl methyl sites for hydroxylation is 1. The number of nitrogens with zero attached hydrogens (tertiary/aromatic N) is 2. The fraction of sp³-hybridized carbons (Fsp3) is 0.273. The normalized spacial score (nSPS) is 11.8. The minimum absolute atomic E-state index is 0.0147. The number of para-hydroxylation sites is 1. The van der Waals surface area contributed by atoms with Crippen molar-refractivity contribution in [3.8, 4) is 0 Å². The molecular weight excluding hydrogens is 249 g/mol. The average Bonchev–Trinajstić information content (AvgIpc) is 2.66. The number of hydrogen-bond acceptors (Lipinski definition) is 3. The molecule has 96 valence electrons. The van der Waals surface area contributed by atoms with E-state index >= 15 is 0 Å². The Kier molecular flexibility index (Phi) is 2.76. The lowest BCUT2D eigenvalue weighted by Gasteiger charge is -2.05. The van der Waals surface area contributed by atoms with E-state index in [1.54, 1.807) is 0 Å². The molecule has 2 aromatic rings. The summed E-state index contributed by atoms with van der Waals surface area (Å²) in [6, 6.07) is 4.32. The zero-order chi connectivity index (χ0) is 13.5. The molecule has 0 spiro atoms. The number of aromatic nitrogens is 2. The summed E-state index contributed by atoms with van der Waals surface area (Å²) < 4.78 is 43.5. The third-order valence-electron chi connectivity index (χ3n) is 2.57. The van der Waals surface area contributed by atoms with Gasteiger partial charge in [0, 0.05) is 7.05 Å². The summed E-state index contributed by atoms with van der Waals surface area (Å²) >= 11 is 0. The molecule has 0 saturated carbocycles. The number of carbonyl (C=O) groups excluding carboxylic acids is 1. The number of imidazole rings is 1. The van der Waals surface area contributed by atoms with Crippen LogP contribution in [0.15, 0.2) is 18.2 Å². The van der Waals surface area contributed by atoms with Crippen LogP contribution < -0.4 is 0 Å².